The van der Waals surface area contributed by atoms with Crippen molar-refractivity contribution >= 4 is 33.6 Å². The van der Waals surface area contributed by atoms with E-state index in [2.05, 4.69) is 37.7 Å². The number of fused-ring (bicyclic) bond motifs is 1. The highest BCUT2D eigenvalue weighted by Gasteiger charge is 2.04. The Morgan fingerprint density at radius 2 is 1.88 bits per heavy atom. The van der Waals surface area contributed by atoms with Crippen LogP contribution in [0, 0.1) is 3.57 Å². The highest BCUT2D eigenvalue weighted by Crippen LogP contribution is 2.16. The molecular weight excluding hydrogens is 315 g/mol. The Bertz CT molecular complexity index is 630. The number of aromatic nitrogens is 4. The summed E-state index contributed by atoms with van der Waals surface area (Å²) in [5, 5.41) is 5.25. The molecule has 0 aliphatic carbocycles. The molecule has 2 aromatic heterocycles. The molecule has 0 radical (unpaired) electrons. The number of benzene rings is 1. The van der Waals surface area contributed by atoms with Gasteiger partial charge in [-0.2, -0.15) is 5.10 Å². The molecule has 0 atom stereocenters. The first-order chi connectivity index (χ1) is 7.84. The maximum absolute atomic E-state index is 4.31. The fourth-order valence-electron chi connectivity index (χ4n) is 1.55. The lowest BCUT2D eigenvalue weighted by molar-refractivity contribution is 0.895. The second-order valence-electron chi connectivity index (χ2n) is 3.33. The van der Waals surface area contributed by atoms with E-state index in [9.17, 15) is 0 Å². The predicted molar refractivity (Wildman–Crippen MR) is 69.4 cm³/mol. The van der Waals surface area contributed by atoms with Gasteiger partial charge in [-0.05, 0) is 46.9 Å². The minimum absolute atomic E-state index is 0.830. The van der Waals surface area contributed by atoms with Crippen LogP contribution in [-0.4, -0.2) is 19.7 Å². The van der Waals surface area contributed by atoms with Crippen molar-refractivity contribution in [2.75, 3.05) is 0 Å². The number of rotatable bonds is 1. The molecule has 4 nitrogen and oxygen atoms in total. The Morgan fingerprint density at radius 1 is 1.06 bits per heavy atom. The fourth-order valence-corrected chi connectivity index (χ4v) is 1.91. The lowest BCUT2D eigenvalue weighted by Crippen LogP contribution is -1.97. The first-order valence-electron chi connectivity index (χ1n) is 4.74. The fraction of sp³-hybridized carbons (Fsp3) is 0. The van der Waals surface area contributed by atoms with E-state index in [-0.39, 0.29) is 0 Å². The molecule has 2 heterocycles. The molecule has 0 N–H and O–H groups in total. The summed E-state index contributed by atoms with van der Waals surface area (Å²) in [6, 6.07) is 8.14. The number of hydrogen-bond donors (Lipinski definition) is 0. The van der Waals surface area contributed by atoms with Gasteiger partial charge in [-0.3, -0.25) is 0 Å². The number of halogens is 1. The van der Waals surface area contributed by atoms with Crippen molar-refractivity contribution in [3.63, 3.8) is 0 Å². The first-order valence-corrected chi connectivity index (χ1v) is 5.82. The molecule has 0 spiro atoms. The van der Waals surface area contributed by atoms with Gasteiger partial charge in [-0.15, -0.1) is 0 Å². The molecule has 3 rings (SSSR count). The maximum Gasteiger partial charge on any atom is 0.166 e. The van der Waals surface area contributed by atoms with Crippen molar-refractivity contribution in [3.8, 4) is 5.69 Å². The van der Waals surface area contributed by atoms with Crippen LogP contribution in [0.25, 0.3) is 16.7 Å². The summed E-state index contributed by atoms with van der Waals surface area (Å²) in [6.07, 6.45) is 5.07. The maximum atomic E-state index is 4.31. The van der Waals surface area contributed by atoms with E-state index in [1.807, 2.05) is 28.9 Å². The van der Waals surface area contributed by atoms with Crippen molar-refractivity contribution in [2.45, 2.75) is 0 Å². The van der Waals surface area contributed by atoms with Crippen LogP contribution in [0.5, 0.6) is 0 Å². The molecule has 0 fully saturated rings. The van der Waals surface area contributed by atoms with E-state index >= 15 is 0 Å². The molecule has 0 unspecified atom stereocenters. The smallest absolute Gasteiger partial charge is 0.166 e. The van der Waals surface area contributed by atoms with Crippen LogP contribution < -0.4 is 0 Å². The van der Waals surface area contributed by atoms with Crippen LogP contribution in [0.4, 0.5) is 0 Å². The largest absolute Gasteiger partial charge is 0.244 e. The van der Waals surface area contributed by atoms with E-state index in [1.54, 1.807) is 12.4 Å². The standard InChI is InChI=1S/C11H7IN4/c12-9-1-3-10(4-2-9)16-11-8(6-15-16)5-13-7-14-11/h1-7H. The Labute approximate surface area is 105 Å². The molecule has 1 aromatic carbocycles. The molecule has 0 saturated heterocycles. The van der Waals surface area contributed by atoms with E-state index in [1.165, 1.54) is 9.90 Å². The molecule has 5 heteroatoms. The van der Waals surface area contributed by atoms with Crippen LogP contribution in [-0.2, 0) is 0 Å². The zero-order valence-electron chi connectivity index (χ0n) is 8.21. The minimum atomic E-state index is 0.830. The molecule has 78 valence electrons. The third-order valence-electron chi connectivity index (χ3n) is 2.30. The molecule has 0 saturated carbocycles. The number of hydrogen-bond acceptors (Lipinski definition) is 3. The summed E-state index contributed by atoms with van der Waals surface area (Å²) >= 11 is 2.28. The molecule has 3 aromatic rings. The predicted octanol–water partition coefficient (Wildman–Crippen LogP) is 2.42. The molecule has 0 bridgehead atoms. The summed E-state index contributed by atoms with van der Waals surface area (Å²) in [7, 11) is 0. The normalized spacial score (nSPS) is 10.8. The number of nitrogens with zero attached hydrogens (tertiary/aromatic N) is 4. The Kier molecular flexibility index (Phi) is 2.32. The average Bonchev–Trinajstić information content (AvgIpc) is 2.74. The van der Waals surface area contributed by atoms with Crippen molar-refractivity contribution < 1.29 is 0 Å². The zero-order chi connectivity index (χ0) is 11.0. The Hall–Kier alpha value is -1.50. The topological polar surface area (TPSA) is 43.6 Å². The Morgan fingerprint density at radius 3 is 2.69 bits per heavy atom. The van der Waals surface area contributed by atoms with Gasteiger partial charge in [-0.25, -0.2) is 14.6 Å². The lowest BCUT2D eigenvalue weighted by Gasteiger charge is -2.01. The lowest BCUT2D eigenvalue weighted by atomic mass is 10.3. The van der Waals surface area contributed by atoms with Crippen LogP contribution >= 0.6 is 22.6 Å². The van der Waals surface area contributed by atoms with Crippen molar-refractivity contribution in [2.24, 2.45) is 0 Å². The molecule has 16 heavy (non-hydrogen) atoms. The van der Waals surface area contributed by atoms with Crippen molar-refractivity contribution in [1.29, 1.82) is 0 Å². The van der Waals surface area contributed by atoms with Gasteiger partial charge in [-0.1, -0.05) is 0 Å². The van der Waals surface area contributed by atoms with Gasteiger partial charge in [0.1, 0.15) is 6.33 Å². The van der Waals surface area contributed by atoms with Gasteiger partial charge in [0.15, 0.2) is 5.65 Å². The molecule has 0 amide bonds. The zero-order valence-corrected chi connectivity index (χ0v) is 10.4. The highest BCUT2D eigenvalue weighted by molar-refractivity contribution is 14.1. The van der Waals surface area contributed by atoms with Crippen molar-refractivity contribution in [3.05, 3.63) is 46.6 Å². The van der Waals surface area contributed by atoms with E-state index in [4.69, 9.17) is 0 Å². The average molecular weight is 322 g/mol. The monoisotopic (exact) mass is 322 g/mol. The summed E-state index contributed by atoms with van der Waals surface area (Å²) in [4.78, 5) is 8.20. The van der Waals surface area contributed by atoms with Gasteiger partial charge >= 0.3 is 0 Å². The van der Waals surface area contributed by atoms with Gasteiger partial charge in [0, 0.05) is 9.77 Å². The van der Waals surface area contributed by atoms with Gasteiger partial charge < -0.3 is 0 Å². The Balaban J connectivity index is 2.22. The SMILES string of the molecule is Ic1ccc(-n2ncc3cncnc32)cc1. The van der Waals surface area contributed by atoms with Crippen LogP contribution in [0.2, 0.25) is 0 Å². The van der Waals surface area contributed by atoms with Crippen LogP contribution in [0.15, 0.2) is 43.0 Å². The second kappa shape index (κ2) is 3.82. The van der Waals surface area contributed by atoms with E-state index < -0.39 is 0 Å². The quantitative estimate of drug-likeness (QED) is 0.646. The summed E-state index contributed by atoms with van der Waals surface area (Å²) in [6.45, 7) is 0. The first kappa shape index (κ1) is 9.71. The summed E-state index contributed by atoms with van der Waals surface area (Å²) in [5.74, 6) is 0. The summed E-state index contributed by atoms with van der Waals surface area (Å²) in [5.41, 5.74) is 1.84. The highest BCUT2D eigenvalue weighted by atomic mass is 127. The van der Waals surface area contributed by atoms with Gasteiger partial charge in [0.05, 0.1) is 17.3 Å². The third kappa shape index (κ3) is 1.57. The molecule has 0 aliphatic heterocycles. The van der Waals surface area contributed by atoms with Gasteiger partial charge in [0.2, 0.25) is 0 Å². The molecule has 0 aliphatic rings. The molecular formula is C11H7IN4. The van der Waals surface area contributed by atoms with Crippen LogP contribution in [0.1, 0.15) is 0 Å². The van der Waals surface area contributed by atoms with Gasteiger partial charge in [0.25, 0.3) is 0 Å². The second-order valence-corrected chi connectivity index (χ2v) is 4.58. The third-order valence-corrected chi connectivity index (χ3v) is 3.02. The van der Waals surface area contributed by atoms with Crippen molar-refractivity contribution in [1.82, 2.24) is 19.7 Å². The van der Waals surface area contributed by atoms with E-state index in [0.29, 0.717) is 0 Å². The minimum Gasteiger partial charge on any atom is -0.244 e. The summed E-state index contributed by atoms with van der Waals surface area (Å²) < 4.78 is 3.01. The van der Waals surface area contributed by atoms with Crippen LogP contribution in [0.3, 0.4) is 0 Å². The van der Waals surface area contributed by atoms with E-state index in [0.717, 1.165) is 16.7 Å².